The first-order chi connectivity index (χ1) is 14.1. The number of nitro benzene ring substituents is 1. The number of ether oxygens (including phenoxy) is 3. The van der Waals surface area contributed by atoms with Gasteiger partial charge in [0, 0.05) is 5.56 Å². The minimum absolute atomic E-state index is 0.0156. The molecule has 0 radical (unpaired) electrons. The summed E-state index contributed by atoms with van der Waals surface area (Å²) in [4.78, 5) is 10.9. The summed E-state index contributed by atoms with van der Waals surface area (Å²) >= 11 is 5.25. The van der Waals surface area contributed by atoms with Gasteiger partial charge in [-0.3, -0.25) is 10.1 Å². The van der Waals surface area contributed by atoms with Crippen molar-refractivity contribution in [2.24, 2.45) is 5.10 Å². The molecule has 1 N–H and O–H groups in total. The zero-order valence-electron chi connectivity index (χ0n) is 15.2. The van der Waals surface area contributed by atoms with Gasteiger partial charge in [0.15, 0.2) is 17.3 Å². The van der Waals surface area contributed by atoms with E-state index in [0.29, 0.717) is 23.9 Å². The monoisotopic (exact) mass is 413 g/mol. The van der Waals surface area contributed by atoms with E-state index in [4.69, 9.17) is 26.4 Å². The zero-order valence-corrected chi connectivity index (χ0v) is 16.0. The maximum Gasteiger partial charge on any atom is 0.282 e. The maximum atomic E-state index is 11.4. The number of fused-ring (bicyclic) bond motifs is 1. The Labute approximate surface area is 169 Å². The van der Waals surface area contributed by atoms with Crippen LogP contribution in [0.2, 0.25) is 0 Å². The van der Waals surface area contributed by atoms with Gasteiger partial charge in [0.25, 0.3) is 5.69 Å². The molecule has 2 aromatic carbocycles. The fourth-order valence-electron chi connectivity index (χ4n) is 2.78. The highest BCUT2D eigenvalue weighted by molar-refractivity contribution is 7.71. The molecule has 1 aliphatic rings. The first kappa shape index (κ1) is 18.6. The Bertz CT molecular complexity index is 1150. The molecule has 0 atom stereocenters. The molecule has 1 aliphatic heterocycles. The second-order valence-corrected chi connectivity index (χ2v) is 6.27. The predicted molar refractivity (Wildman–Crippen MR) is 106 cm³/mol. The van der Waals surface area contributed by atoms with Crippen molar-refractivity contribution in [3.8, 4) is 28.6 Å². The molecule has 148 valence electrons. The second kappa shape index (κ2) is 7.72. The van der Waals surface area contributed by atoms with Gasteiger partial charge in [-0.05, 0) is 49.5 Å². The highest BCUT2D eigenvalue weighted by atomic mass is 32.1. The van der Waals surface area contributed by atoms with Crippen LogP contribution in [0.15, 0.2) is 41.5 Å². The molecule has 29 heavy (non-hydrogen) atoms. The summed E-state index contributed by atoms with van der Waals surface area (Å²) in [5, 5.41) is 22.6. The van der Waals surface area contributed by atoms with E-state index in [9.17, 15) is 10.1 Å². The molecular weight excluding hydrogens is 398 g/mol. The van der Waals surface area contributed by atoms with Gasteiger partial charge in [-0.25, -0.2) is 5.10 Å². The van der Waals surface area contributed by atoms with Gasteiger partial charge < -0.3 is 14.2 Å². The summed E-state index contributed by atoms with van der Waals surface area (Å²) in [5.41, 5.74) is 0.841. The number of nitro groups is 1. The van der Waals surface area contributed by atoms with Crippen LogP contribution in [0.1, 0.15) is 12.5 Å². The fraction of sp³-hybridized carbons (Fsp3) is 0.167. The highest BCUT2D eigenvalue weighted by Crippen LogP contribution is 2.37. The Morgan fingerprint density at radius 2 is 2.07 bits per heavy atom. The molecule has 3 aromatic rings. The number of aromatic amines is 1. The molecule has 4 rings (SSSR count). The lowest BCUT2D eigenvalue weighted by Crippen LogP contribution is -1.98. The van der Waals surface area contributed by atoms with E-state index in [-0.39, 0.29) is 22.8 Å². The minimum Gasteiger partial charge on any atom is -0.494 e. The first-order valence-electron chi connectivity index (χ1n) is 8.60. The largest absolute Gasteiger partial charge is 0.494 e. The van der Waals surface area contributed by atoms with Crippen molar-refractivity contribution in [3.63, 3.8) is 0 Å². The molecular formula is C18H15N5O5S. The molecule has 0 saturated carbocycles. The van der Waals surface area contributed by atoms with Crippen molar-refractivity contribution in [2.45, 2.75) is 6.92 Å². The van der Waals surface area contributed by atoms with Crippen molar-refractivity contribution >= 4 is 24.1 Å². The van der Waals surface area contributed by atoms with Gasteiger partial charge >= 0.3 is 0 Å². The van der Waals surface area contributed by atoms with E-state index >= 15 is 0 Å². The van der Waals surface area contributed by atoms with E-state index in [1.165, 1.54) is 23.0 Å². The topological polar surface area (TPSA) is 117 Å². The average molecular weight is 413 g/mol. The Hall–Kier alpha value is -3.73. The number of rotatable bonds is 6. The van der Waals surface area contributed by atoms with E-state index in [2.05, 4.69) is 15.3 Å². The Morgan fingerprint density at radius 1 is 1.34 bits per heavy atom. The quantitative estimate of drug-likeness (QED) is 0.284. The van der Waals surface area contributed by atoms with Crippen LogP contribution in [0, 0.1) is 14.9 Å². The van der Waals surface area contributed by atoms with E-state index in [0.717, 1.165) is 11.3 Å². The van der Waals surface area contributed by atoms with E-state index < -0.39 is 4.92 Å². The Kier molecular flexibility index (Phi) is 4.96. The van der Waals surface area contributed by atoms with Crippen molar-refractivity contribution in [3.05, 3.63) is 56.8 Å². The summed E-state index contributed by atoms with van der Waals surface area (Å²) in [7, 11) is 0. The molecule has 0 fully saturated rings. The molecule has 2 heterocycles. The third-order valence-corrected chi connectivity index (χ3v) is 4.37. The third-order valence-electron chi connectivity index (χ3n) is 4.10. The van der Waals surface area contributed by atoms with Crippen LogP contribution in [-0.2, 0) is 0 Å². The molecule has 0 amide bonds. The number of aromatic nitrogens is 3. The summed E-state index contributed by atoms with van der Waals surface area (Å²) in [6.07, 6.45) is 1.34. The van der Waals surface area contributed by atoms with Crippen LogP contribution in [-0.4, -0.2) is 39.4 Å². The van der Waals surface area contributed by atoms with Crippen molar-refractivity contribution in [1.82, 2.24) is 14.9 Å². The van der Waals surface area contributed by atoms with Gasteiger partial charge in [-0.15, -0.1) is 0 Å². The van der Waals surface area contributed by atoms with Crippen molar-refractivity contribution in [2.75, 3.05) is 13.4 Å². The molecule has 1 aromatic heterocycles. The highest BCUT2D eigenvalue weighted by Gasteiger charge is 2.22. The number of hydrogen-bond acceptors (Lipinski definition) is 8. The average Bonchev–Trinajstić information content (AvgIpc) is 3.32. The molecule has 0 bridgehead atoms. The van der Waals surface area contributed by atoms with Crippen molar-refractivity contribution in [1.29, 1.82) is 0 Å². The SMILES string of the molecule is CCOc1ccc(-c2n[nH]c(=S)n2/N=C\c2cc3c(cc2[N+](=O)[O-])OCO3)cc1. The lowest BCUT2D eigenvalue weighted by atomic mass is 10.1. The summed E-state index contributed by atoms with van der Waals surface area (Å²) in [6.45, 7) is 2.49. The lowest BCUT2D eigenvalue weighted by Gasteiger charge is -2.05. The molecule has 0 unspecified atom stereocenters. The third kappa shape index (κ3) is 3.67. The van der Waals surface area contributed by atoms with E-state index in [1.54, 1.807) is 0 Å². The van der Waals surface area contributed by atoms with Gasteiger partial charge in [-0.2, -0.15) is 14.9 Å². The van der Waals surface area contributed by atoms with E-state index in [1.807, 2.05) is 31.2 Å². The standard InChI is InChI=1S/C18H15N5O5S/c1-2-26-13-5-3-11(4-6-13)17-20-21-18(29)22(17)19-9-12-7-15-16(28-10-27-15)8-14(12)23(24)25/h3-9H,2,10H2,1H3,(H,21,29)/b19-9-. The molecule has 10 nitrogen and oxygen atoms in total. The van der Waals surface area contributed by atoms with Crippen LogP contribution < -0.4 is 14.2 Å². The van der Waals surface area contributed by atoms with Gasteiger partial charge in [-0.1, -0.05) is 0 Å². The van der Waals surface area contributed by atoms with Crippen LogP contribution in [0.25, 0.3) is 11.4 Å². The molecule has 0 spiro atoms. The number of hydrogen-bond donors (Lipinski definition) is 1. The van der Waals surface area contributed by atoms with Crippen molar-refractivity contribution < 1.29 is 19.1 Å². The predicted octanol–water partition coefficient (Wildman–Crippen LogP) is 3.53. The Morgan fingerprint density at radius 3 is 2.76 bits per heavy atom. The molecule has 0 saturated heterocycles. The number of nitrogens with one attached hydrogen (secondary N) is 1. The number of benzene rings is 2. The zero-order chi connectivity index (χ0) is 20.4. The second-order valence-electron chi connectivity index (χ2n) is 5.89. The van der Waals surface area contributed by atoms with Gasteiger partial charge in [0.2, 0.25) is 11.6 Å². The Balaban J connectivity index is 1.71. The lowest BCUT2D eigenvalue weighted by molar-refractivity contribution is -0.385. The van der Waals surface area contributed by atoms with Crippen LogP contribution >= 0.6 is 12.2 Å². The summed E-state index contributed by atoms with van der Waals surface area (Å²) in [6, 6.07) is 10.1. The van der Waals surface area contributed by atoms with Crippen LogP contribution in [0.4, 0.5) is 5.69 Å². The van der Waals surface area contributed by atoms with Crippen LogP contribution in [0.3, 0.4) is 0 Å². The summed E-state index contributed by atoms with van der Waals surface area (Å²) < 4.78 is 17.6. The smallest absolute Gasteiger partial charge is 0.282 e. The molecule has 0 aliphatic carbocycles. The number of nitrogens with zero attached hydrogens (tertiary/aromatic N) is 4. The maximum absolute atomic E-state index is 11.4. The first-order valence-corrected chi connectivity index (χ1v) is 9.00. The van der Waals surface area contributed by atoms with Gasteiger partial charge in [0.05, 0.1) is 29.4 Å². The normalized spacial score (nSPS) is 12.4. The molecule has 11 heteroatoms. The summed E-state index contributed by atoms with van der Waals surface area (Å²) in [5.74, 6) is 1.93. The number of H-pyrrole nitrogens is 1. The fourth-order valence-corrected chi connectivity index (χ4v) is 2.96. The van der Waals surface area contributed by atoms with Gasteiger partial charge in [0.1, 0.15) is 5.75 Å². The minimum atomic E-state index is -0.509. The van der Waals surface area contributed by atoms with Crippen LogP contribution in [0.5, 0.6) is 17.2 Å².